The Morgan fingerprint density at radius 1 is 1.75 bits per heavy atom. The zero-order valence-electron chi connectivity index (χ0n) is 5.11. The Bertz CT molecular complexity index is 148. The number of hydrogen-bond acceptors (Lipinski definition) is 1. The van der Waals surface area contributed by atoms with Crippen LogP contribution in [0.25, 0.3) is 0 Å². The van der Waals surface area contributed by atoms with Gasteiger partial charge in [0.25, 0.3) is 0 Å². The van der Waals surface area contributed by atoms with Crippen molar-refractivity contribution in [1.82, 2.24) is 0 Å². The summed E-state index contributed by atoms with van der Waals surface area (Å²) in [6.07, 6.45) is 5.77. The fraction of sp³-hybridized carbons (Fsp3) is 0.714. The summed E-state index contributed by atoms with van der Waals surface area (Å²) < 4.78 is 5.52. The van der Waals surface area contributed by atoms with Crippen LogP contribution in [0.2, 0.25) is 0 Å². The first-order chi connectivity index (χ1) is 3.79. The Morgan fingerprint density at radius 3 is 2.75 bits per heavy atom. The highest BCUT2D eigenvalue weighted by Crippen LogP contribution is 2.41. The van der Waals surface area contributed by atoms with Crippen molar-refractivity contribution in [3.05, 3.63) is 11.8 Å². The van der Waals surface area contributed by atoms with Gasteiger partial charge in [0.1, 0.15) is 5.60 Å². The van der Waals surface area contributed by atoms with Gasteiger partial charge in [-0.05, 0) is 19.4 Å². The average molecular weight is 110 g/mol. The predicted octanol–water partition coefficient (Wildman–Crippen LogP) is 1.84. The van der Waals surface area contributed by atoms with E-state index in [2.05, 4.69) is 13.0 Å². The van der Waals surface area contributed by atoms with Crippen molar-refractivity contribution < 1.29 is 4.74 Å². The predicted molar refractivity (Wildman–Crippen MR) is 31.4 cm³/mol. The minimum absolute atomic E-state index is 0.218. The third kappa shape index (κ3) is 0.417. The fourth-order valence-electron chi connectivity index (χ4n) is 1.42. The van der Waals surface area contributed by atoms with E-state index in [4.69, 9.17) is 4.74 Å². The molecule has 0 N–H and O–H groups in total. The van der Waals surface area contributed by atoms with Crippen LogP contribution < -0.4 is 0 Å². The van der Waals surface area contributed by atoms with Crippen LogP contribution in [0.3, 0.4) is 0 Å². The molecule has 0 aromatic heterocycles. The van der Waals surface area contributed by atoms with E-state index in [1.807, 2.05) is 0 Å². The third-order valence-corrected chi connectivity index (χ3v) is 2.04. The summed E-state index contributed by atoms with van der Waals surface area (Å²) in [5.74, 6) is 1.23. The summed E-state index contributed by atoms with van der Waals surface area (Å²) in [6, 6.07) is 0. The van der Waals surface area contributed by atoms with Crippen LogP contribution in [0.5, 0.6) is 0 Å². The molecule has 0 aromatic carbocycles. The molecule has 0 amide bonds. The molecule has 1 saturated heterocycles. The maximum Gasteiger partial charge on any atom is 0.110 e. The van der Waals surface area contributed by atoms with Gasteiger partial charge in [-0.1, -0.05) is 0 Å². The molecule has 2 aliphatic rings. The smallest absolute Gasteiger partial charge is 0.110 e. The van der Waals surface area contributed by atoms with Crippen LogP contribution in [0.1, 0.15) is 26.2 Å². The largest absolute Gasteiger partial charge is 0.492 e. The zero-order valence-corrected chi connectivity index (χ0v) is 5.11. The lowest BCUT2D eigenvalue weighted by Crippen LogP contribution is -2.17. The van der Waals surface area contributed by atoms with Gasteiger partial charge in [0.15, 0.2) is 0 Å². The molecule has 1 unspecified atom stereocenters. The molecule has 2 heterocycles. The van der Waals surface area contributed by atoms with Gasteiger partial charge in [-0.3, -0.25) is 0 Å². The number of rotatable bonds is 0. The summed E-state index contributed by atoms with van der Waals surface area (Å²) in [4.78, 5) is 0. The van der Waals surface area contributed by atoms with E-state index in [0.717, 1.165) is 6.42 Å². The minimum Gasteiger partial charge on any atom is -0.492 e. The summed E-state index contributed by atoms with van der Waals surface area (Å²) in [5.41, 5.74) is 0.218. The van der Waals surface area contributed by atoms with Crippen molar-refractivity contribution in [2.75, 3.05) is 0 Å². The summed E-state index contributed by atoms with van der Waals surface area (Å²) >= 11 is 0. The second-order valence-corrected chi connectivity index (χ2v) is 2.93. The molecule has 0 aromatic rings. The summed E-state index contributed by atoms with van der Waals surface area (Å²) in [6.45, 7) is 2.18. The van der Waals surface area contributed by atoms with Crippen molar-refractivity contribution in [3.63, 3.8) is 0 Å². The van der Waals surface area contributed by atoms with Gasteiger partial charge in [0.05, 0.1) is 5.76 Å². The Hall–Kier alpha value is -0.460. The quantitative estimate of drug-likeness (QED) is 0.462. The highest BCUT2D eigenvalue weighted by atomic mass is 16.5. The highest BCUT2D eigenvalue weighted by Gasteiger charge is 2.37. The molecule has 44 valence electrons. The van der Waals surface area contributed by atoms with Gasteiger partial charge in [0.2, 0.25) is 0 Å². The molecular weight excluding hydrogens is 100 g/mol. The van der Waals surface area contributed by atoms with Gasteiger partial charge < -0.3 is 4.74 Å². The molecule has 0 saturated carbocycles. The molecule has 0 aliphatic carbocycles. The van der Waals surface area contributed by atoms with Crippen molar-refractivity contribution in [2.45, 2.75) is 31.8 Å². The van der Waals surface area contributed by atoms with E-state index in [1.165, 1.54) is 18.6 Å². The average Bonchev–Trinajstić information content (AvgIpc) is 2.21. The molecule has 1 nitrogen and oxygen atoms in total. The van der Waals surface area contributed by atoms with Gasteiger partial charge in [-0.25, -0.2) is 0 Å². The molecule has 8 heavy (non-hydrogen) atoms. The topological polar surface area (TPSA) is 9.23 Å². The normalized spacial score (nSPS) is 41.9. The Labute approximate surface area is 49.3 Å². The Morgan fingerprint density at radius 2 is 2.62 bits per heavy atom. The second-order valence-electron chi connectivity index (χ2n) is 2.93. The maximum absolute atomic E-state index is 5.52. The molecule has 0 spiro atoms. The Balaban J connectivity index is 2.32. The molecule has 2 bridgehead atoms. The van der Waals surface area contributed by atoms with E-state index in [9.17, 15) is 0 Å². The lowest BCUT2D eigenvalue weighted by Gasteiger charge is -2.16. The first-order valence-electron chi connectivity index (χ1n) is 3.17. The van der Waals surface area contributed by atoms with Gasteiger partial charge in [-0.15, -0.1) is 0 Å². The van der Waals surface area contributed by atoms with E-state index in [1.54, 1.807) is 0 Å². The zero-order chi connectivity index (χ0) is 5.61. The van der Waals surface area contributed by atoms with Crippen molar-refractivity contribution in [2.24, 2.45) is 0 Å². The van der Waals surface area contributed by atoms with Crippen LogP contribution in [0.4, 0.5) is 0 Å². The van der Waals surface area contributed by atoms with Crippen molar-refractivity contribution in [3.8, 4) is 0 Å². The molecule has 1 fully saturated rings. The second kappa shape index (κ2) is 1.09. The van der Waals surface area contributed by atoms with Crippen molar-refractivity contribution >= 4 is 0 Å². The monoisotopic (exact) mass is 110 g/mol. The third-order valence-electron chi connectivity index (χ3n) is 2.04. The van der Waals surface area contributed by atoms with E-state index in [-0.39, 0.29) is 5.60 Å². The molecule has 0 radical (unpaired) electrons. The molecular formula is C7H10O. The van der Waals surface area contributed by atoms with Gasteiger partial charge in [-0.2, -0.15) is 0 Å². The Kier molecular flexibility index (Phi) is 0.605. The van der Waals surface area contributed by atoms with E-state index >= 15 is 0 Å². The standard InChI is InChI=1S/C7H10O/c1-7-4-2-6(8-7)3-5-7/h2H,3-5H2,1H3. The first kappa shape index (κ1) is 4.42. The van der Waals surface area contributed by atoms with Crippen molar-refractivity contribution in [1.29, 1.82) is 0 Å². The molecule has 1 heteroatoms. The number of hydrogen-bond donors (Lipinski definition) is 0. The van der Waals surface area contributed by atoms with Crippen LogP contribution in [0, 0.1) is 0 Å². The van der Waals surface area contributed by atoms with E-state index < -0.39 is 0 Å². The van der Waals surface area contributed by atoms with E-state index in [0.29, 0.717) is 0 Å². The lowest BCUT2D eigenvalue weighted by molar-refractivity contribution is 0.0829. The molecule has 1 atom stereocenters. The first-order valence-corrected chi connectivity index (χ1v) is 3.17. The van der Waals surface area contributed by atoms with Gasteiger partial charge in [0, 0.05) is 12.8 Å². The maximum atomic E-state index is 5.52. The highest BCUT2D eigenvalue weighted by molar-refractivity contribution is 5.12. The van der Waals surface area contributed by atoms with Crippen LogP contribution in [-0.2, 0) is 4.74 Å². The number of fused-ring (bicyclic) bond motifs is 2. The minimum atomic E-state index is 0.218. The number of ether oxygens (including phenoxy) is 1. The van der Waals surface area contributed by atoms with Gasteiger partial charge >= 0.3 is 0 Å². The van der Waals surface area contributed by atoms with Crippen LogP contribution in [-0.4, -0.2) is 5.60 Å². The summed E-state index contributed by atoms with van der Waals surface area (Å²) in [5, 5.41) is 0. The summed E-state index contributed by atoms with van der Waals surface area (Å²) in [7, 11) is 0. The number of allylic oxidation sites excluding steroid dienone is 1. The molecule has 2 rings (SSSR count). The SMILES string of the molecule is CC12CC=C(CC1)O2. The lowest BCUT2D eigenvalue weighted by atomic mass is 9.95. The fourth-order valence-corrected chi connectivity index (χ4v) is 1.42. The van der Waals surface area contributed by atoms with Crippen LogP contribution in [0.15, 0.2) is 11.8 Å². The van der Waals surface area contributed by atoms with Crippen LogP contribution >= 0.6 is 0 Å². The molecule has 2 aliphatic heterocycles.